The third-order valence-corrected chi connectivity index (χ3v) is 5.72. The van der Waals surface area contributed by atoms with Crippen LogP contribution >= 0.6 is 11.6 Å². The lowest BCUT2D eigenvalue weighted by molar-refractivity contribution is 0.128. The molecule has 0 radical (unpaired) electrons. The van der Waals surface area contributed by atoms with Crippen LogP contribution in [0.5, 0.6) is 0 Å². The number of halogens is 2. The first-order valence-corrected chi connectivity index (χ1v) is 10.5. The van der Waals surface area contributed by atoms with Gasteiger partial charge in [0.05, 0.1) is 22.9 Å². The quantitative estimate of drug-likeness (QED) is 0.417. The van der Waals surface area contributed by atoms with Gasteiger partial charge >= 0.3 is 0 Å². The van der Waals surface area contributed by atoms with Gasteiger partial charge in [-0.25, -0.2) is 19.3 Å². The number of H-pyrrole nitrogens is 1. The molecule has 1 aliphatic rings. The van der Waals surface area contributed by atoms with Crippen LogP contribution in [-0.4, -0.2) is 53.6 Å². The lowest BCUT2D eigenvalue weighted by Crippen LogP contribution is -2.28. The number of fused-ring (bicyclic) bond motifs is 1. The largest absolute Gasteiger partial charge is 0.392 e. The summed E-state index contributed by atoms with van der Waals surface area (Å²) in [5.74, 6) is 0.409. The molecule has 1 fully saturated rings. The molecule has 8 nitrogen and oxygen atoms in total. The molecular formula is C21H21ClFN7O. The molecule has 31 heavy (non-hydrogen) atoms. The highest BCUT2D eigenvalue weighted by atomic mass is 35.5. The zero-order chi connectivity index (χ0) is 21.5. The molecule has 4 aromatic heterocycles. The van der Waals surface area contributed by atoms with E-state index < -0.39 is 12.3 Å². The minimum atomic E-state index is -0.784. The fourth-order valence-electron chi connectivity index (χ4n) is 3.65. The Kier molecular flexibility index (Phi) is 5.07. The number of nitrogens with zero attached hydrogens (tertiary/aromatic N) is 5. The second-order valence-corrected chi connectivity index (χ2v) is 8.25. The second kappa shape index (κ2) is 7.90. The summed E-state index contributed by atoms with van der Waals surface area (Å²) in [4.78, 5) is 16.3. The number of anilines is 1. The van der Waals surface area contributed by atoms with Gasteiger partial charge in [-0.1, -0.05) is 11.6 Å². The van der Waals surface area contributed by atoms with Crippen molar-refractivity contribution in [2.24, 2.45) is 0 Å². The number of pyridine rings is 1. The number of nitrogens with one attached hydrogen (secondary N) is 2. The maximum atomic E-state index is 13.5. The van der Waals surface area contributed by atoms with Gasteiger partial charge in [-0.05, 0) is 19.1 Å². The van der Waals surface area contributed by atoms with E-state index in [1.807, 2.05) is 16.9 Å². The molecule has 3 N–H and O–H groups in total. The van der Waals surface area contributed by atoms with E-state index in [9.17, 15) is 9.50 Å². The van der Waals surface area contributed by atoms with Crippen molar-refractivity contribution < 1.29 is 9.50 Å². The number of rotatable bonds is 6. The number of hydrogen-bond acceptors (Lipinski definition) is 6. The van der Waals surface area contributed by atoms with Crippen molar-refractivity contribution in [3.63, 3.8) is 0 Å². The molecule has 0 amide bonds. The number of aromatic nitrogens is 6. The van der Waals surface area contributed by atoms with E-state index in [0.717, 1.165) is 16.5 Å². The van der Waals surface area contributed by atoms with Gasteiger partial charge in [-0.3, -0.25) is 4.68 Å². The van der Waals surface area contributed by atoms with Gasteiger partial charge in [0.1, 0.15) is 17.5 Å². The van der Waals surface area contributed by atoms with E-state index in [1.54, 1.807) is 31.6 Å². The van der Waals surface area contributed by atoms with Crippen LogP contribution in [0.4, 0.5) is 10.3 Å². The van der Waals surface area contributed by atoms with Crippen LogP contribution in [-0.2, 0) is 0 Å². The Bertz CT molecular complexity index is 1230. The number of aromatic amines is 1. The fourth-order valence-corrected chi connectivity index (χ4v) is 3.85. The molecule has 1 atom stereocenters. The van der Waals surface area contributed by atoms with Crippen molar-refractivity contribution in [3.8, 4) is 22.5 Å². The van der Waals surface area contributed by atoms with E-state index in [1.165, 1.54) is 0 Å². The standard InChI is InChI=1S/C21H21ClFN7O/c1-11(31)7-27-21-24-3-2-18(28-21)16-10-30(14-5-13(23)6-14)29-19(16)12-4-15-17(22)9-26-20(15)25-8-12/h2-4,8-11,13-14,31H,5-7H2,1H3,(H,25,26)(H,24,27,28)/t11-,13-,14+/m0/s1. The first kappa shape index (κ1) is 19.9. The van der Waals surface area contributed by atoms with Crippen LogP contribution in [0.25, 0.3) is 33.5 Å². The van der Waals surface area contributed by atoms with Crippen LogP contribution in [0.2, 0.25) is 5.02 Å². The number of hydrogen-bond donors (Lipinski definition) is 3. The van der Waals surface area contributed by atoms with Gasteiger partial charge in [0, 0.05) is 60.7 Å². The van der Waals surface area contributed by atoms with E-state index >= 15 is 0 Å². The Morgan fingerprint density at radius 2 is 2.23 bits per heavy atom. The number of alkyl halides is 1. The lowest BCUT2D eigenvalue weighted by Gasteiger charge is -2.29. The van der Waals surface area contributed by atoms with Crippen molar-refractivity contribution in [2.45, 2.75) is 38.1 Å². The monoisotopic (exact) mass is 441 g/mol. The third kappa shape index (κ3) is 3.86. The van der Waals surface area contributed by atoms with Gasteiger partial charge in [0.25, 0.3) is 0 Å². The maximum absolute atomic E-state index is 13.5. The Labute approximate surface area is 182 Å². The molecule has 0 aliphatic heterocycles. The van der Waals surface area contributed by atoms with Crippen molar-refractivity contribution in [3.05, 3.63) is 41.9 Å². The molecule has 1 saturated carbocycles. The second-order valence-electron chi connectivity index (χ2n) is 7.85. The average Bonchev–Trinajstić information content (AvgIpc) is 3.34. The maximum Gasteiger partial charge on any atom is 0.223 e. The normalized spacial score (nSPS) is 19.4. The van der Waals surface area contributed by atoms with Gasteiger partial charge in [0.15, 0.2) is 0 Å². The van der Waals surface area contributed by atoms with E-state index in [2.05, 4.69) is 25.3 Å². The van der Waals surface area contributed by atoms with Crippen LogP contribution in [0, 0.1) is 0 Å². The first-order valence-electron chi connectivity index (χ1n) is 10.1. The van der Waals surface area contributed by atoms with Crippen LogP contribution in [0.3, 0.4) is 0 Å². The van der Waals surface area contributed by atoms with Gasteiger partial charge < -0.3 is 15.4 Å². The molecule has 4 aromatic rings. The predicted molar refractivity (Wildman–Crippen MR) is 117 cm³/mol. The zero-order valence-electron chi connectivity index (χ0n) is 16.8. The minimum Gasteiger partial charge on any atom is -0.392 e. The summed E-state index contributed by atoms with van der Waals surface area (Å²) in [6.45, 7) is 2.02. The summed E-state index contributed by atoms with van der Waals surface area (Å²) in [6, 6.07) is 3.75. The summed E-state index contributed by atoms with van der Waals surface area (Å²) >= 11 is 6.29. The van der Waals surface area contributed by atoms with E-state index in [4.69, 9.17) is 16.7 Å². The molecule has 160 valence electrons. The van der Waals surface area contributed by atoms with Gasteiger partial charge in [-0.2, -0.15) is 5.10 Å². The Morgan fingerprint density at radius 1 is 1.39 bits per heavy atom. The zero-order valence-corrected chi connectivity index (χ0v) is 17.5. The predicted octanol–water partition coefficient (Wildman–Crippen LogP) is 4.00. The van der Waals surface area contributed by atoms with Gasteiger partial charge in [0.2, 0.25) is 5.95 Å². The molecule has 4 heterocycles. The number of aliphatic hydroxyl groups is 1. The summed E-state index contributed by atoms with van der Waals surface area (Å²) < 4.78 is 15.3. The molecule has 0 unspecified atom stereocenters. The highest BCUT2D eigenvalue weighted by Crippen LogP contribution is 2.38. The topological polar surface area (TPSA) is 105 Å². The molecule has 10 heteroatoms. The third-order valence-electron chi connectivity index (χ3n) is 5.40. The van der Waals surface area contributed by atoms with Crippen LogP contribution < -0.4 is 5.32 Å². The lowest BCUT2D eigenvalue weighted by atomic mass is 9.91. The van der Waals surface area contributed by atoms with Crippen molar-refractivity contribution in [2.75, 3.05) is 11.9 Å². The fraction of sp³-hybridized carbons (Fsp3) is 0.333. The Morgan fingerprint density at radius 3 is 3.00 bits per heavy atom. The van der Waals surface area contributed by atoms with Crippen molar-refractivity contribution in [1.29, 1.82) is 0 Å². The molecule has 0 saturated heterocycles. The minimum absolute atomic E-state index is 0.0182. The van der Waals surface area contributed by atoms with E-state index in [-0.39, 0.29) is 6.04 Å². The SMILES string of the molecule is C[C@H](O)CNc1nccc(-c2cn([C@H]3C[C@@H](F)C3)nc2-c2cnc3[nH]cc(Cl)c3c2)n1. The van der Waals surface area contributed by atoms with Crippen LogP contribution in [0.1, 0.15) is 25.8 Å². The van der Waals surface area contributed by atoms with Crippen molar-refractivity contribution >= 4 is 28.6 Å². The summed E-state index contributed by atoms with van der Waals surface area (Å²) in [6.07, 6.45) is 6.57. The molecule has 0 bridgehead atoms. The summed E-state index contributed by atoms with van der Waals surface area (Å²) in [5, 5.41) is 18.7. The first-order chi connectivity index (χ1) is 15.0. The van der Waals surface area contributed by atoms with Crippen LogP contribution in [0.15, 0.2) is 36.9 Å². The molecule has 0 aromatic carbocycles. The highest BCUT2D eigenvalue weighted by molar-refractivity contribution is 6.35. The summed E-state index contributed by atoms with van der Waals surface area (Å²) in [7, 11) is 0. The average molecular weight is 442 g/mol. The molecule has 1 aliphatic carbocycles. The number of aliphatic hydroxyl groups excluding tert-OH is 1. The molecular weight excluding hydrogens is 421 g/mol. The molecule has 0 spiro atoms. The van der Waals surface area contributed by atoms with Gasteiger partial charge in [-0.15, -0.1) is 0 Å². The molecule has 5 rings (SSSR count). The van der Waals surface area contributed by atoms with E-state index in [0.29, 0.717) is 47.4 Å². The Balaban J connectivity index is 1.58. The smallest absolute Gasteiger partial charge is 0.223 e. The highest BCUT2D eigenvalue weighted by Gasteiger charge is 2.32. The van der Waals surface area contributed by atoms with Crippen molar-refractivity contribution in [1.82, 2.24) is 29.7 Å². The summed E-state index contributed by atoms with van der Waals surface area (Å²) in [5.41, 5.74) is 3.63. The Hall–Kier alpha value is -3.04.